The van der Waals surface area contributed by atoms with Crippen molar-refractivity contribution in [1.82, 2.24) is 10.6 Å². The third kappa shape index (κ3) is 6.29. The molecule has 5 nitrogen and oxygen atoms in total. The smallest absolute Gasteiger partial charge is 0.408 e. The Kier molecular flexibility index (Phi) is 6.72. The molecule has 1 aromatic carbocycles. The van der Waals surface area contributed by atoms with E-state index >= 15 is 0 Å². The highest BCUT2D eigenvalue weighted by molar-refractivity contribution is 5.86. The molecular formula is C16H24N2O3. The molecule has 0 spiro atoms. The highest BCUT2D eigenvalue weighted by Gasteiger charge is 2.25. The summed E-state index contributed by atoms with van der Waals surface area (Å²) < 4.78 is 5.13. The number of carbonyl (C=O) groups is 2. The number of rotatable bonds is 6. The van der Waals surface area contributed by atoms with Crippen LogP contribution in [0.5, 0.6) is 0 Å². The Hall–Kier alpha value is -2.04. The predicted molar refractivity (Wildman–Crippen MR) is 81.7 cm³/mol. The summed E-state index contributed by atoms with van der Waals surface area (Å²) in [6.45, 7) is 7.69. The van der Waals surface area contributed by atoms with E-state index in [-0.39, 0.29) is 24.5 Å². The number of amides is 2. The second-order valence-corrected chi connectivity index (χ2v) is 5.59. The summed E-state index contributed by atoms with van der Waals surface area (Å²) >= 11 is 0. The number of ether oxygens (including phenoxy) is 1. The number of alkyl carbamates (subject to hydrolysis) is 1. The third-order valence-electron chi connectivity index (χ3n) is 2.87. The fourth-order valence-corrected chi connectivity index (χ4v) is 1.80. The van der Waals surface area contributed by atoms with Crippen LogP contribution in [0, 0.1) is 5.92 Å². The maximum absolute atomic E-state index is 12.0. The van der Waals surface area contributed by atoms with E-state index in [1.54, 1.807) is 0 Å². The number of hydrogen-bond donors (Lipinski definition) is 2. The Morgan fingerprint density at radius 1 is 1.05 bits per heavy atom. The fraction of sp³-hybridized carbons (Fsp3) is 0.500. The quantitative estimate of drug-likeness (QED) is 0.846. The van der Waals surface area contributed by atoms with Gasteiger partial charge < -0.3 is 15.4 Å². The molecule has 0 aromatic heterocycles. The first-order valence-corrected chi connectivity index (χ1v) is 7.17. The van der Waals surface area contributed by atoms with Gasteiger partial charge in [0, 0.05) is 6.04 Å². The summed E-state index contributed by atoms with van der Waals surface area (Å²) in [7, 11) is 0. The van der Waals surface area contributed by atoms with Crippen molar-refractivity contribution in [2.75, 3.05) is 0 Å². The Bertz CT molecular complexity index is 458. The molecule has 0 aliphatic rings. The minimum absolute atomic E-state index is 0.0203. The lowest BCUT2D eigenvalue weighted by molar-refractivity contribution is -0.124. The van der Waals surface area contributed by atoms with Crippen molar-refractivity contribution in [2.45, 2.75) is 46.4 Å². The van der Waals surface area contributed by atoms with Gasteiger partial charge in [0.25, 0.3) is 0 Å². The molecule has 0 saturated carbocycles. The molecule has 0 saturated heterocycles. The summed E-state index contributed by atoms with van der Waals surface area (Å²) in [6.07, 6.45) is -0.587. The molecule has 1 aromatic rings. The largest absolute Gasteiger partial charge is 0.445 e. The second-order valence-electron chi connectivity index (χ2n) is 5.59. The van der Waals surface area contributed by atoms with Gasteiger partial charge in [-0.15, -0.1) is 0 Å². The average Bonchev–Trinajstić information content (AvgIpc) is 2.42. The summed E-state index contributed by atoms with van der Waals surface area (Å²) in [6, 6.07) is 8.83. The summed E-state index contributed by atoms with van der Waals surface area (Å²) in [4.78, 5) is 23.8. The zero-order valence-electron chi connectivity index (χ0n) is 13.1. The van der Waals surface area contributed by atoms with Crippen molar-refractivity contribution in [3.05, 3.63) is 35.9 Å². The van der Waals surface area contributed by atoms with Crippen LogP contribution in [0.3, 0.4) is 0 Å². The average molecular weight is 292 g/mol. The van der Waals surface area contributed by atoms with Gasteiger partial charge in [-0.2, -0.15) is 0 Å². The molecule has 0 unspecified atom stereocenters. The molecule has 5 heteroatoms. The minimum atomic E-state index is -0.601. The Balaban J connectivity index is 2.51. The van der Waals surface area contributed by atoms with Crippen molar-refractivity contribution in [2.24, 2.45) is 5.92 Å². The van der Waals surface area contributed by atoms with E-state index in [9.17, 15) is 9.59 Å². The van der Waals surface area contributed by atoms with E-state index in [2.05, 4.69) is 10.6 Å². The van der Waals surface area contributed by atoms with Gasteiger partial charge in [0.1, 0.15) is 12.6 Å². The Labute approximate surface area is 126 Å². The standard InChI is InChI=1S/C16H24N2O3/c1-11(2)14(15(19)17-12(3)4)18-16(20)21-10-13-8-6-5-7-9-13/h5-9,11-12,14H,10H2,1-4H3,(H,17,19)(H,18,20)/t14-/m1/s1. The summed E-state index contributed by atoms with van der Waals surface area (Å²) in [5.74, 6) is -0.218. The van der Waals surface area contributed by atoms with E-state index in [4.69, 9.17) is 4.74 Å². The van der Waals surface area contributed by atoms with Gasteiger partial charge in [0.15, 0.2) is 0 Å². The van der Waals surface area contributed by atoms with Crippen LogP contribution in [0.25, 0.3) is 0 Å². The molecule has 1 atom stereocenters. The number of nitrogens with one attached hydrogen (secondary N) is 2. The fourth-order valence-electron chi connectivity index (χ4n) is 1.80. The number of hydrogen-bond acceptors (Lipinski definition) is 3. The van der Waals surface area contributed by atoms with Gasteiger partial charge >= 0.3 is 6.09 Å². The Morgan fingerprint density at radius 3 is 2.19 bits per heavy atom. The lowest BCUT2D eigenvalue weighted by atomic mass is 10.0. The van der Waals surface area contributed by atoms with Gasteiger partial charge in [0.05, 0.1) is 0 Å². The van der Waals surface area contributed by atoms with Crippen molar-refractivity contribution >= 4 is 12.0 Å². The van der Waals surface area contributed by atoms with E-state index in [0.29, 0.717) is 0 Å². The summed E-state index contributed by atoms with van der Waals surface area (Å²) in [5.41, 5.74) is 0.903. The van der Waals surface area contributed by atoms with Crippen molar-refractivity contribution in [1.29, 1.82) is 0 Å². The molecule has 0 aliphatic heterocycles. The Morgan fingerprint density at radius 2 is 1.67 bits per heavy atom. The third-order valence-corrected chi connectivity index (χ3v) is 2.87. The maximum Gasteiger partial charge on any atom is 0.408 e. The molecule has 2 N–H and O–H groups in total. The van der Waals surface area contributed by atoms with Crippen LogP contribution in [0.15, 0.2) is 30.3 Å². The van der Waals surface area contributed by atoms with Crippen LogP contribution >= 0.6 is 0 Å². The maximum atomic E-state index is 12.0. The molecule has 0 fully saturated rings. The number of carbonyl (C=O) groups excluding carboxylic acids is 2. The van der Waals surface area contributed by atoms with Gasteiger partial charge in [-0.25, -0.2) is 4.79 Å². The zero-order valence-corrected chi connectivity index (χ0v) is 13.1. The molecule has 21 heavy (non-hydrogen) atoms. The van der Waals surface area contributed by atoms with Gasteiger partial charge in [-0.1, -0.05) is 44.2 Å². The van der Waals surface area contributed by atoms with Crippen LogP contribution in [-0.2, 0) is 16.1 Å². The van der Waals surface area contributed by atoms with Crippen molar-refractivity contribution in [3.63, 3.8) is 0 Å². The number of benzene rings is 1. The van der Waals surface area contributed by atoms with Crippen LogP contribution in [0.2, 0.25) is 0 Å². The SMILES string of the molecule is CC(C)NC(=O)[C@H](NC(=O)OCc1ccccc1)C(C)C. The normalized spacial score (nSPS) is 12.1. The van der Waals surface area contributed by atoms with Crippen molar-refractivity contribution < 1.29 is 14.3 Å². The van der Waals surface area contributed by atoms with Crippen LogP contribution in [0.4, 0.5) is 4.79 Å². The first-order valence-electron chi connectivity index (χ1n) is 7.17. The van der Waals surface area contributed by atoms with Crippen LogP contribution < -0.4 is 10.6 Å². The minimum Gasteiger partial charge on any atom is -0.445 e. The monoisotopic (exact) mass is 292 g/mol. The molecule has 2 amide bonds. The first-order chi connectivity index (χ1) is 9.90. The first kappa shape index (κ1) is 17.0. The zero-order chi connectivity index (χ0) is 15.8. The molecule has 116 valence electrons. The van der Waals surface area contributed by atoms with Crippen LogP contribution in [0.1, 0.15) is 33.3 Å². The van der Waals surface area contributed by atoms with E-state index < -0.39 is 12.1 Å². The lowest BCUT2D eigenvalue weighted by Gasteiger charge is -2.22. The van der Waals surface area contributed by atoms with E-state index in [0.717, 1.165) is 5.56 Å². The molecular weight excluding hydrogens is 268 g/mol. The topological polar surface area (TPSA) is 67.4 Å². The molecule has 0 heterocycles. The highest BCUT2D eigenvalue weighted by atomic mass is 16.5. The van der Waals surface area contributed by atoms with Gasteiger partial charge in [-0.05, 0) is 25.3 Å². The summed E-state index contributed by atoms with van der Waals surface area (Å²) in [5, 5.41) is 5.41. The van der Waals surface area contributed by atoms with Crippen LogP contribution in [-0.4, -0.2) is 24.1 Å². The van der Waals surface area contributed by atoms with Gasteiger partial charge in [0.2, 0.25) is 5.91 Å². The second kappa shape index (κ2) is 8.29. The van der Waals surface area contributed by atoms with Crippen molar-refractivity contribution in [3.8, 4) is 0 Å². The van der Waals surface area contributed by atoms with E-state index in [1.165, 1.54) is 0 Å². The predicted octanol–water partition coefficient (Wildman–Crippen LogP) is 2.46. The highest BCUT2D eigenvalue weighted by Crippen LogP contribution is 2.05. The molecule has 0 bridgehead atoms. The lowest BCUT2D eigenvalue weighted by Crippen LogP contribution is -2.51. The van der Waals surface area contributed by atoms with Gasteiger partial charge in [-0.3, -0.25) is 4.79 Å². The van der Waals surface area contributed by atoms with E-state index in [1.807, 2.05) is 58.0 Å². The molecule has 0 radical (unpaired) electrons. The molecule has 0 aliphatic carbocycles. The molecule has 1 rings (SSSR count).